The summed E-state index contributed by atoms with van der Waals surface area (Å²) < 4.78 is 0. The highest BCUT2D eigenvalue weighted by molar-refractivity contribution is 5.62. The molecule has 0 fully saturated rings. The highest BCUT2D eigenvalue weighted by Gasteiger charge is 2.11. The van der Waals surface area contributed by atoms with Crippen LogP contribution in [0.5, 0.6) is 0 Å². The Morgan fingerprint density at radius 3 is 2.05 bits per heavy atom. The van der Waals surface area contributed by atoms with Gasteiger partial charge in [-0.3, -0.25) is 4.98 Å². The molecule has 1 aromatic heterocycles. The van der Waals surface area contributed by atoms with Crippen molar-refractivity contribution in [1.82, 2.24) is 10.3 Å². The number of likely N-dealkylation sites (N-methyl/N-ethyl adjacent to an activating group) is 1. The fourth-order valence-corrected chi connectivity index (χ4v) is 2.30. The van der Waals surface area contributed by atoms with Gasteiger partial charge >= 0.3 is 0 Å². The Labute approximate surface area is 115 Å². The molecule has 0 saturated carbocycles. The van der Waals surface area contributed by atoms with Gasteiger partial charge in [0.2, 0.25) is 0 Å². The standard InChI is InChI=1S/C17H22N2/c1-13(2)17(18-3)12-14-4-6-15(7-5-14)16-8-10-19-11-9-16/h4-11,13,17-18H,12H2,1-3H3. The maximum absolute atomic E-state index is 4.05. The molecule has 0 aliphatic heterocycles. The van der Waals surface area contributed by atoms with Crippen molar-refractivity contribution >= 4 is 0 Å². The van der Waals surface area contributed by atoms with Gasteiger partial charge in [0.25, 0.3) is 0 Å². The van der Waals surface area contributed by atoms with Crippen molar-refractivity contribution < 1.29 is 0 Å². The average molecular weight is 254 g/mol. The molecule has 1 unspecified atom stereocenters. The van der Waals surface area contributed by atoms with Gasteiger partial charge < -0.3 is 5.32 Å². The summed E-state index contributed by atoms with van der Waals surface area (Å²) in [6, 6.07) is 13.5. The second-order valence-corrected chi connectivity index (χ2v) is 5.28. The van der Waals surface area contributed by atoms with E-state index >= 15 is 0 Å². The van der Waals surface area contributed by atoms with E-state index in [1.54, 1.807) is 0 Å². The van der Waals surface area contributed by atoms with E-state index in [1.807, 2.05) is 31.6 Å². The maximum Gasteiger partial charge on any atom is 0.0273 e. The average Bonchev–Trinajstić information content (AvgIpc) is 2.46. The molecule has 2 aromatic rings. The second kappa shape index (κ2) is 6.48. The summed E-state index contributed by atoms with van der Waals surface area (Å²) in [6.45, 7) is 4.51. The van der Waals surface area contributed by atoms with Crippen LogP contribution in [0.4, 0.5) is 0 Å². The molecule has 0 aliphatic rings. The first kappa shape index (κ1) is 13.8. The number of rotatable bonds is 5. The van der Waals surface area contributed by atoms with E-state index in [9.17, 15) is 0 Å². The first-order chi connectivity index (χ1) is 9.20. The lowest BCUT2D eigenvalue weighted by Gasteiger charge is -2.20. The SMILES string of the molecule is CNC(Cc1ccc(-c2ccncc2)cc1)C(C)C. The fourth-order valence-electron chi connectivity index (χ4n) is 2.30. The van der Waals surface area contributed by atoms with Crippen LogP contribution in [0.15, 0.2) is 48.8 Å². The Bertz CT molecular complexity index is 488. The summed E-state index contributed by atoms with van der Waals surface area (Å²) >= 11 is 0. The normalized spacial score (nSPS) is 12.6. The smallest absolute Gasteiger partial charge is 0.0273 e. The van der Waals surface area contributed by atoms with Gasteiger partial charge in [-0.05, 0) is 48.2 Å². The highest BCUT2D eigenvalue weighted by Crippen LogP contribution is 2.19. The summed E-state index contributed by atoms with van der Waals surface area (Å²) in [7, 11) is 2.04. The lowest BCUT2D eigenvalue weighted by molar-refractivity contribution is 0.424. The van der Waals surface area contributed by atoms with Gasteiger partial charge in [0.05, 0.1) is 0 Å². The van der Waals surface area contributed by atoms with Crippen molar-refractivity contribution in [1.29, 1.82) is 0 Å². The molecule has 0 amide bonds. The topological polar surface area (TPSA) is 24.9 Å². The van der Waals surface area contributed by atoms with Crippen molar-refractivity contribution in [3.63, 3.8) is 0 Å². The second-order valence-electron chi connectivity index (χ2n) is 5.28. The number of benzene rings is 1. The molecule has 0 bridgehead atoms. The number of pyridine rings is 1. The third-order valence-electron chi connectivity index (χ3n) is 3.60. The first-order valence-corrected chi connectivity index (χ1v) is 6.87. The fraction of sp³-hybridized carbons (Fsp3) is 0.353. The molecule has 1 atom stereocenters. The Hall–Kier alpha value is -1.67. The van der Waals surface area contributed by atoms with E-state index in [4.69, 9.17) is 0 Å². The predicted octanol–water partition coefficient (Wildman–Crippen LogP) is 3.54. The van der Waals surface area contributed by atoms with Gasteiger partial charge in [-0.25, -0.2) is 0 Å². The van der Waals surface area contributed by atoms with Gasteiger partial charge in [-0.1, -0.05) is 38.1 Å². The number of hydrogen-bond donors (Lipinski definition) is 1. The van der Waals surface area contributed by atoms with E-state index in [-0.39, 0.29) is 0 Å². The molecule has 2 heteroatoms. The largest absolute Gasteiger partial charge is 0.316 e. The molecule has 1 N–H and O–H groups in total. The molecule has 2 nitrogen and oxygen atoms in total. The molecular formula is C17H22N2. The summed E-state index contributed by atoms with van der Waals surface area (Å²) in [5, 5.41) is 3.39. The minimum atomic E-state index is 0.534. The number of aromatic nitrogens is 1. The highest BCUT2D eigenvalue weighted by atomic mass is 14.9. The molecule has 19 heavy (non-hydrogen) atoms. The lowest BCUT2D eigenvalue weighted by Crippen LogP contribution is -2.32. The molecule has 0 spiro atoms. The number of nitrogens with one attached hydrogen (secondary N) is 1. The van der Waals surface area contributed by atoms with E-state index in [2.05, 4.69) is 48.4 Å². The zero-order valence-corrected chi connectivity index (χ0v) is 11.9. The van der Waals surface area contributed by atoms with Crippen LogP contribution in [0.25, 0.3) is 11.1 Å². The summed E-state index contributed by atoms with van der Waals surface area (Å²) in [5.74, 6) is 0.643. The maximum atomic E-state index is 4.05. The summed E-state index contributed by atoms with van der Waals surface area (Å²) in [6.07, 6.45) is 4.74. The van der Waals surface area contributed by atoms with Crippen molar-refractivity contribution in [2.24, 2.45) is 5.92 Å². The van der Waals surface area contributed by atoms with Crippen molar-refractivity contribution in [3.05, 3.63) is 54.4 Å². The van der Waals surface area contributed by atoms with E-state index in [0.717, 1.165) is 6.42 Å². The Balaban J connectivity index is 2.11. The molecule has 1 aromatic carbocycles. The van der Waals surface area contributed by atoms with E-state index in [0.29, 0.717) is 12.0 Å². The van der Waals surface area contributed by atoms with Gasteiger partial charge in [0, 0.05) is 18.4 Å². The predicted molar refractivity (Wildman–Crippen MR) is 81.1 cm³/mol. The minimum absolute atomic E-state index is 0.534. The van der Waals surface area contributed by atoms with Gasteiger partial charge in [-0.15, -0.1) is 0 Å². The van der Waals surface area contributed by atoms with Crippen LogP contribution >= 0.6 is 0 Å². The van der Waals surface area contributed by atoms with Crippen LogP contribution < -0.4 is 5.32 Å². The molecule has 0 saturated heterocycles. The van der Waals surface area contributed by atoms with Crippen LogP contribution in [0.2, 0.25) is 0 Å². The zero-order chi connectivity index (χ0) is 13.7. The van der Waals surface area contributed by atoms with Crippen LogP contribution in [0.3, 0.4) is 0 Å². The summed E-state index contributed by atoms with van der Waals surface area (Å²) in [4.78, 5) is 4.05. The van der Waals surface area contributed by atoms with Crippen LogP contribution in [-0.4, -0.2) is 18.1 Å². The molecule has 2 rings (SSSR count). The molecular weight excluding hydrogens is 232 g/mol. The third-order valence-corrected chi connectivity index (χ3v) is 3.60. The molecule has 0 radical (unpaired) electrons. The van der Waals surface area contributed by atoms with Crippen molar-refractivity contribution in [2.75, 3.05) is 7.05 Å². The quantitative estimate of drug-likeness (QED) is 0.883. The van der Waals surface area contributed by atoms with E-state index in [1.165, 1.54) is 16.7 Å². The number of nitrogens with zero attached hydrogens (tertiary/aromatic N) is 1. The molecule has 0 aliphatic carbocycles. The first-order valence-electron chi connectivity index (χ1n) is 6.87. The van der Waals surface area contributed by atoms with Gasteiger partial charge in [0.1, 0.15) is 0 Å². The molecule has 1 heterocycles. The Morgan fingerprint density at radius 1 is 0.947 bits per heavy atom. The Morgan fingerprint density at radius 2 is 1.53 bits per heavy atom. The zero-order valence-electron chi connectivity index (χ0n) is 11.9. The lowest BCUT2D eigenvalue weighted by atomic mass is 9.95. The van der Waals surface area contributed by atoms with E-state index < -0.39 is 0 Å². The van der Waals surface area contributed by atoms with Crippen LogP contribution in [-0.2, 0) is 6.42 Å². The minimum Gasteiger partial charge on any atom is -0.316 e. The molecule has 100 valence electrons. The van der Waals surface area contributed by atoms with Gasteiger partial charge in [-0.2, -0.15) is 0 Å². The van der Waals surface area contributed by atoms with Crippen LogP contribution in [0.1, 0.15) is 19.4 Å². The van der Waals surface area contributed by atoms with Crippen LogP contribution in [0, 0.1) is 5.92 Å². The summed E-state index contributed by atoms with van der Waals surface area (Å²) in [5.41, 5.74) is 3.85. The number of hydrogen-bond acceptors (Lipinski definition) is 2. The Kier molecular flexibility index (Phi) is 4.69. The van der Waals surface area contributed by atoms with Crippen molar-refractivity contribution in [3.8, 4) is 11.1 Å². The monoisotopic (exact) mass is 254 g/mol. The van der Waals surface area contributed by atoms with Gasteiger partial charge in [0.15, 0.2) is 0 Å². The third kappa shape index (κ3) is 3.65. The van der Waals surface area contributed by atoms with Crippen molar-refractivity contribution in [2.45, 2.75) is 26.3 Å².